The Hall–Kier alpha value is -1.16. The van der Waals surface area contributed by atoms with E-state index in [0.717, 1.165) is 12.1 Å². The fraction of sp³-hybridized carbons (Fsp3) is 0.556. The first-order valence-electron chi connectivity index (χ1n) is 8.86. The highest BCUT2D eigenvalue weighted by Crippen LogP contribution is 2.18. The predicted molar refractivity (Wildman–Crippen MR) is 115 cm³/mol. The molecule has 2 rings (SSSR count). The van der Waals surface area contributed by atoms with Crippen LogP contribution in [0.1, 0.15) is 19.4 Å². The molecule has 0 aromatic heterocycles. The van der Waals surface area contributed by atoms with Crippen molar-refractivity contribution >= 4 is 44.9 Å². The molecule has 1 saturated heterocycles. The van der Waals surface area contributed by atoms with Gasteiger partial charge >= 0.3 is 0 Å². The number of carbonyl (C=O) groups is 1. The highest BCUT2D eigenvalue weighted by atomic mass is 32.2. The molecule has 1 fully saturated rings. The van der Waals surface area contributed by atoms with Crippen LogP contribution in [0.2, 0.25) is 0 Å². The van der Waals surface area contributed by atoms with Crippen molar-refractivity contribution in [3.8, 4) is 0 Å². The maximum atomic E-state index is 12.1. The van der Waals surface area contributed by atoms with Gasteiger partial charge in [-0.3, -0.25) is 9.69 Å². The molecule has 27 heavy (non-hydrogen) atoms. The summed E-state index contributed by atoms with van der Waals surface area (Å²) in [6.45, 7) is 6.39. The molecule has 150 valence electrons. The Kier molecular flexibility index (Phi) is 7.67. The largest absolute Gasteiger partial charge is 0.353 e. The van der Waals surface area contributed by atoms with E-state index in [1.165, 1.54) is 6.26 Å². The first-order valence-corrected chi connectivity index (χ1v) is 11.6. The van der Waals surface area contributed by atoms with E-state index in [-0.39, 0.29) is 18.0 Å². The monoisotopic (exact) mass is 429 g/mol. The van der Waals surface area contributed by atoms with Crippen LogP contribution in [0.15, 0.2) is 29.2 Å². The lowest BCUT2D eigenvalue weighted by Gasteiger charge is -2.42. The smallest absolute Gasteiger partial charge is 0.234 e. The maximum absolute atomic E-state index is 12.1. The molecule has 1 aliphatic heterocycles. The van der Waals surface area contributed by atoms with Crippen LogP contribution < -0.4 is 5.32 Å². The minimum atomic E-state index is -3.21. The molecule has 1 unspecified atom stereocenters. The van der Waals surface area contributed by atoms with Crippen LogP contribution >= 0.6 is 24.8 Å². The average molecular weight is 430 g/mol. The van der Waals surface area contributed by atoms with Crippen LogP contribution in [-0.4, -0.2) is 73.0 Å². The van der Waals surface area contributed by atoms with Gasteiger partial charge in [0.25, 0.3) is 0 Å². The van der Waals surface area contributed by atoms with E-state index < -0.39 is 9.84 Å². The van der Waals surface area contributed by atoms with E-state index >= 15 is 0 Å². The van der Waals surface area contributed by atoms with Crippen molar-refractivity contribution < 1.29 is 13.2 Å². The van der Waals surface area contributed by atoms with Gasteiger partial charge in [0.1, 0.15) is 4.32 Å². The summed E-state index contributed by atoms with van der Waals surface area (Å²) in [4.78, 5) is 16.6. The van der Waals surface area contributed by atoms with Gasteiger partial charge in [0, 0.05) is 38.0 Å². The third-order valence-corrected chi connectivity index (χ3v) is 6.07. The molecule has 0 radical (unpaired) electrons. The van der Waals surface area contributed by atoms with Gasteiger partial charge in [-0.15, -0.1) is 12.6 Å². The summed E-state index contributed by atoms with van der Waals surface area (Å²) in [5, 5.41) is 2.92. The van der Waals surface area contributed by atoms with Gasteiger partial charge < -0.3 is 10.2 Å². The molecule has 1 heterocycles. The summed E-state index contributed by atoms with van der Waals surface area (Å²) >= 11 is 9.62. The van der Waals surface area contributed by atoms with E-state index in [4.69, 9.17) is 12.2 Å². The molecule has 6 nitrogen and oxygen atoms in total. The molecular formula is C18H27N3O3S3. The van der Waals surface area contributed by atoms with Crippen molar-refractivity contribution in [1.82, 2.24) is 15.1 Å². The fourth-order valence-electron chi connectivity index (χ4n) is 3.21. The summed E-state index contributed by atoms with van der Waals surface area (Å²) in [6.07, 6.45) is 1.90. The molecule has 1 aromatic carbocycles. The first-order chi connectivity index (χ1) is 12.6. The van der Waals surface area contributed by atoms with Crippen molar-refractivity contribution in [3.05, 3.63) is 29.8 Å². The number of rotatable bonds is 6. The Bertz CT molecular complexity index is 779. The van der Waals surface area contributed by atoms with E-state index in [9.17, 15) is 13.2 Å². The van der Waals surface area contributed by atoms with Crippen molar-refractivity contribution in [1.29, 1.82) is 0 Å². The molecule has 1 amide bonds. The quantitative estimate of drug-likeness (QED) is 0.526. The first kappa shape index (κ1) is 22.1. The number of piperazine rings is 1. The number of hydrogen-bond donors (Lipinski definition) is 2. The van der Waals surface area contributed by atoms with E-state index in [0.29, 0.717) is 35.3 Å². The SMILES string of the molecule is CC(C)NC(=O)CN1CCN(C(=S)S)C(Cc2ccc(S(C)(=O)=O)cc2)C1. The number of amides is 1. The molecule has 0 saturated carbocycles. The standard InChI is InChI=1S/C18H27N3O3S3/c1-13(2)19-17(22)12-20-8-9-21(18(25)26)15(11-20)10-14-4-6-16(7-5-14)27(3,23)24/h4-7,13,15H,8-12H2,1-3H3,(H,19,22)(H,25,26). The van der Waals surface area contributed by atoms with E-state index in [1.54, 1.807) is 12.1 Å². The van der Waals surface area contributed by atoms with Gasteiger partial charge in [0.2, 0.25) is 5.91 Å². The van der Waals surface area contributed by atoms with Gasteiger partial charge in [-0.25, -0.2) is 8.42 Å². The summed E-state index contributed by atoms with van der Waals surface area (Å²) in [5.41, 5.74) is 1.02. The van der Waals surface area contributed by atoms with E-state index in [2.05, 4.69) is 27.7 Å². The average Bonchev–Trinajstić information content (AvgIpc) is 2.53. The predicted octanol–water partition coefficient (Wildman–Crippen LogP) is 1.36. The molecule has 1 aromatic rings. The van der Waals surface area contributed by atoms with Crippen LogP contribution in [0.5, 0.6) is 0 Å². The summed E-state index contributed by atoms with van der Waals surface area (Å²) in [5.74, 6) is 0.0168. The Morgan fingerprint density at radius 3 is 2.44 bits per heavy atom. The number of nitrogens with zero attached hydrogens (tertiary/aromatic N) is 2. The topological polar surface area (TPSA) is 69.7 Å². The molecule has 0 bridgehead atoms. The number of thiocarbonyl (C=S) groups is 1. The van der Waals surface area contributed by atoms with Crippen molar-refractivity contribution in [3.63, 3.8) is 0 Å². The van der Waals surface area contributed by atoms with Gasteiger partial charge in [0.15, 0.2) is 9.84 Å². The molecular weight excluding hydrogens is 402 g/mol. The van der Waals surface area contributed by atoms with Gasteiger partial charge in [-0.05, 0) is 38.0 Å². The lowest BCUT2D eigenvalue weighted by Crippen LogP contribution is -2.56. The van der Waals surface area contributed by atoms with E-state index in [1.807, 2.05) is 26.0 Å². The molecule has 9 heteroatoms. The van der Waals surface area contributed by atoms with Crippen molar-refractivity contribution in [2.24, 2.45) is 0 Å². The minimum absolute atomic E-state index is 0.0168. The second-order valence-corrected chi connectivity index (χ2v) is 10.3. The number of benzene rings is 1. The third kappa shape index (κ3) is 6.74. The number of hydrogen-bond acceptors (Lipinski definition) is 5. The Labute approximate surface area is 172 Å². The normalized spacial score (nSPS) is 18.6. The summed E-state index contributed by atoms with van der Waals surface area (Å²) < 4.78 is 23.8. The molecule has 1 atom stereocenters. The molecule has 1 aliphatic rings. The number of thiol groups is 1. The summed E-state index contributed by atoms with van der Waals surface area (Å²) in [6, 6.07) is 7.13. The Morgan fingerprint density at radius 1 is 1.30 bits per heavy atom. The molecule has 1 N–H and O–H groups in total. The van der Waals surface area contributed by atoms with Crippen LogP contribution in [0.25, 0.3) is 0 Å². The van der Waals surface area contributed by atoms with Gasteiger partial charge in [0.05, 0.1) is 11.4 Å². The maximum Gasteiger partial charge on any atom is 0.234 e. The van der Waals surface area contributed by atoms with Crippen LogP contribution in [0.3, 0.4) is 0 Å². The zero-order chi connectivity index (χ0) is 20.2. The zero-order valence-corrected chi connectivity index (χ0v) is 18.4. The lowest BCUT2D eigenvalue weighted by atomic mass is 10.0. The fourth-order valence-corrected chi connectivity index (χ4v) is 4.34. The second-order valence-electron chi connectivity index (χ2n) is 7.21. The number of carbonyl (C=O) groups excluding carboxylic acids is 1. The van der Waals surface area contributed by atoms with Crippen molar-refractivity contribution in [2.45, 2.75) is 37.2 Å². The van der Waals surface area contributed by atoms with Crippen LogP contribution in [-0.2, 0) is 21.1 Å². The number of sulfone groups is 1. The highest BCUT2D eigenvalue weighted by molar-refractivity contribution is 8.10. The Morgan fingerprint density at radius 2 is 1.93 bits per heavy atom. The zero-order valence-electron chi connectivity index (χ0n) is 15.9. The molecule has 0 aliphatic carbocycles. The highest BCUT2D eigenvalue weighted by Gasteiger charge is 2.29. The van der Waals surface area contributed by atoms with Gasteiger partial charge in [-0.2, -0.15) is 0 Å². The minimum Gasteiger partial charge on any atom is -0.353 e. The van der Waals surface area contributed by atoms with Crippen molar-refractivity contribution in [2.75, 3.05) is 32.4 Å². The number of nitrogens with one attached hydrogen (secondary N) is 1. The lowest BCUT2D eigenvalue weighted by molar-refractivity contribution is -0.123. The Balaban J connectivity index is 2.07. The second kappa shape index (κ2) is 9.36. The molecule has 0 spiro atoms. The third-order valence-electron chi connectivity index (χ3n) is 4.45. The summed E-state index contributed by atoms with van der Waals surface area (Å²) in [7, 11) is -3.21. The van der Waals surface area contributed by atoms with Crippen LogP contribution in [0, 0.1) is 0 Å². The van der Waals surface area contributed by atoms with Crippen LogP contribution in [0.4, 0.5) is 0 Å². The van der Waals surface area contributed by atoms with Gasteiger partial charge in [-0.1, -0.05) is 24.4 Å².